The standard InChI is InChI=1S/C15H20ClNO/c16-12-6-4-10(5-7-12)15(18)8-14-13-3-1-2-11(13)9-17-14/h4-7,11,13-15,17-18H,1-3,8-9H2. The smallest absolute Gasteiger partial charge is 0.0805 e. The summed E-state index contributed by atoms with van der Waals surface area (Å²) in [6, 6.07) is 8.03. The normalized spacial score (nSPS) is 32.4. The molecule has 0 spiro atoms. The van der Waals surface area contributed by atoms with Gasteiger partial charge in [0.2, 0.25) is 0 Å². The van der Waals surface area contributed by atoms with Crippen LogP contribution in [0, 0.1) is 11.8 Å². The Bertz CT molecular complexity index is 405. The number of hydrogen-bond donors (Lipinski definition) is 2. The summed E-state index contributed by atoms with van der Waals surface area (Å²) in [5.41, 5.74) is 0.975. The van der Waals surface area contributed by atoms with Crippen LogP contribution in [-0.2, 0) is 0 Å². The third kappa shape index (κ3) is 2.42. The van der Waals surface area contributed by atoms with Gasteiger partial charge in [-0.25, -0.2) is 0 Å². The zero-order valence-electron chi connectivity index (χ0n) is 10.5. The summed E-state index contributed by atoms with van der Waals surface area (Å²) < 4.78 is 0. The minimum atomic E-state index is -0.376. The molecule has 4 unspecified atom stereocenters. The first-order chi connectivity index (χ1) is 8.74. The van der Waals surface area contributed by atoms with Crippen LogP contribution >= 0.6 is 11.6 Å². The first-order valence-electron chi connectivity index (χ1n) is 6.91. The van der Waals surface area contributed by atoms with Crippen LogP contribution in [0.1, 0.15) is 37.4 Å². The molecule has 0 bridgehead atoms. The van der Waals surface area contributed by atoms with Crippen molar-refractivity contribution in [3.63, 3.8) is 0 Å². The Kier molecular flexibility index (Phi) is 3.60. The van der Waals surface area contributed by atoms with Crippen molar-refractivity contribution in [1.82, 2.24) is 5.32 Å². The van der Waals surface area contributed by atoms with Crippen LogP contribution in [0.4, 0.5) is 0 Å². The van der Waals surface area contributed by atoms with E-state index in [1.165, 1.54) is 19.3 Å². The van der Waals surface area contributed by atoms with Gasteiger partial charge in [-0.15, -0.1) is 0 Å². The van der Waals surface area contributed by atoms with Crippen molar-refractivity contribution in [1.29, 1.82) is 0 Å². The van der Waals surface area contributed by atoms with Gasteiger partial charge in [0.15, 0.2) is 0 Å². The number of aliphatic hydroxyl groups is 1. The van der Waals surface area contributed by atoms with E-state index >= 15 is 0 Å². The maximum atomic E-state index is 10.3. The SMILES string of the molecule is OC(CC1NCC2CCCC21)c1ccc(Cl)cc1. The minimum absolute atomic E-state index is 0.376. The largest absolute Gasteiger partial charge is 0.388 e. The predicted octanol–water partition coefficient (Wildman–Crippen LogP) is 3.15. The Morgan fingerprint density at radius 2 is 2.06 bits per heavy atom. The molecule has 1 aliphatic carbocycles. The molecule has 0 aromatic heterocycles. The Balaban J connectivity index is 1.64. The van der Waals surface area contributed by atoms with E-state index < -0.39 is 0 Å². The van der Waals surface area contributed by atoms with Crippen LogP contribution in [0.5, 0.6) is 0 Å². The third-order valence-corrected chi connectivity index (χ3v) is 4.86. The topological polar surface area (TPSA) is 32.3 Å². The zero-order chi connectivity index (χ0) is 12.5. The summed E-state index contributed by atoms with van der Waals surface area (Å²) in [6.45, 7) is 1.14. The van der Waals surface area contributed by atoms with E-state index in [1.54, 1.807) is 0 Å². The molecular weight excluding hydrogens is 246 g/mol. The lowest BCUT2D eigenvalue weighted by Gasteiger charge is -2.21. The van der Waals surface area contributed by atoms with Gasteiger partial charge in [0.25, 0.3) is 0 Å². The van der Waals surface area contributed by atoms with Crippen molar-refractivity contribution in [3.8, 4) is 0 Å². The minimum Gasteiger partial charge on any atom is -0.388 e. The quantitative estimate of drug-likeness (QED) is 0.880. The number of aliphatic hydroxyl groups excluding tert-OH is 1. The highest BCUT2D eigenvalue weighted by molar-refractivity contribution is 6.30. The molecule has 1 saturated carbocycles. The number of halogens is 1. The van der Waals surface area contributed by atoms with Crippen molar-refractivity contribution in [2.45, 2.75) is 37.8 Å². The van der Waals surface area contributed by atoms with Crippen molar-refractivity contribution in [2.24, 2.45) is 11.8 Å². The first-order valence-corrected chi connectivity index (χ1v) is 7.29. The molecule has 1 aromatic carbocycles. The monoisotopic (exact) mass is 265 g/mol. The molecule has 1 aliphatic heterocycles. The Hall–Kier alpha value is -0.570. The van der Waals surface area contributed by atoms with E-state index in [9.17, 15) is 5.11 Å². The summed E-state index contributed by atoms with van der Waals surface area (Å²) in [6.07, 6.45) is 4.51. The second-order valence-electron chi connectivity index (χ2n) is 5.67. The van der Waals surface area contributed by atoms with E-state index in [-0.39, 0.29) is 6.10 Å². The fraction of sp³-hybridized carbons (Fsp3) is 0.600. The molecule has 3 rings (SSSR count). The molecule has 98 valence electrons. The highest BCUT2D eigenvalue weighted by Gasteiger charge is 2.39. The van der Waals surface area contributed by atoms with E-state index in [0.717, 1.165) is 35.4 Å². The molecule has 4 atom stereocenters. The average molecular weight is 266 g/mol. The van der Waals surface area contributed by atoms with Gasteiger partial charge in [-0.05, 0) is 55.3 Å². The molecular formula is C15H20ClNO. The van der Waals surface area contributed by atoms with Crippen molar-refractivity contribution >= 4 is 11.6 Å². The molecule has 0 amide bonds. The summed E-state index contributed by atoms with van der Waals surface area (Å²) >= 11 is 5.87. The fourth-order valence-corrected chi connectivity index (χ4v) is 3.75. The lowest BCUT2D eigenvalue weighted by atomic mass is 9.89. The van der Waals surface area contributed by atoms with Crippen LogP contribution in [0.3, 0.4) is 0 Å². The highest BCUT2D eigenvalue weighted by atomic mass is 35.5. The Morgan fingerprint density at radius 3 is 2.83 bits per heavy atom. The molecule has 3 heteroatoms. The van der Waals surface area contributed by atoms with Gasteiger partial charge in [-0.1, -0.05) is 30.2 Å². The van der Waals surface area contributed by atoms with Crippen LogP contribution in [0.2, 0.25) is 5.02 Å². The summed E-state index contributed by atoms with van der Waals surface area (Å²) in [5, 5.41) is 14.6. The van der Waals surface area contributed by atoms with Crippen LogP contribution in [0.15, 0.2) is 24.3 Å². The zero-order valence-corrected chi connectivity index (χ0v) is 11.2. The fourth-order valence-electron chi connectivity index (χ4n) is 3.62. The number of nitrogens with one attached hydrogen (secondary N) is 1. The molecule has 1 saturated heterocycles. The molecule has 2 N–H and O–H groups in total. The molecule has 0 radical (unpaired) electrons. The second-order valence-corrected chi connectivity index (χ2v) is 6.11. The lowest BCUT2D eigenvalue weighted by molar-refractivity contribution is 0.145. The maximum absolute atomic E-state index is 10.3. The molecule has 1 aromatic rings. The van der Waals surface area contributed by atoms with Gasteiger partial charge in [-0.3, -0.25) is 0 Å². The molecule has 2 fully saturated rings. The Morgan fingerprint density at radius 1 is 1.28 bits per heavy atom. The van der Waals surface area contributed by atoms with Crippen LogP contribution < -0.4 is 5.32 Å². The van der Waals surface area contributed by atoms with Gasteiger partial charge in [-0.2, -0.15) is 0 Å². The summed E-state index contributed by atoms with van der Waals surface area (Å²) in [5.74, 6) is 1.64. The van der Waals surface area contributed by atoms with E-state index in [4.69, 9.17) is 11.6 Å². The van der Waals surface area contributed by atoms with Crippen molar-refractivity contribution < 1.29 is 5.11 Å². The molecule has 2 aliphatic rings. The summed E-state index contributed by atoms with van der Waals surface area (Å²) in [7, 11) is 0. The predicted molar refractivity (Wildman–Crippen MR) is 73.7 cm³/mol. The number of rotatable bonds is 3. The lowest BCUT2D eigenvalue weighted by Crippen LogP contribution is -2.28. The number of benzene rings is 1. The summed E-state index contributed by atoms with van der Waals surface area (Å²) in [4.78, 5) is 0. The highest BCUT2D eigenvalue weighted by Crippen LogP contribution is 2.40. The van der Waals surface area contributed by atoms with E-state index in [2.05, 4.69) is 5.32 Å². The van der Waals surface area contributed by atoms with Gasteiger partial charge in [0.05, 0.1) is 6.10 Å². The molecule has 18 heavy (non-hydrogen) atoms. The first kappa shape index (κ1) is 12.5. The number of fused-ring (bicyclic) bond motifs is 1. The molecule has 2 nitrogen and oxygen atoms in total. The second kappa shape index (κ2) is 5.20. The van der Waals surface area contributed by atoms with Gasteiger partial charge in [0.1, 0.15) is 0 Å². The van der Waals surface area contributed by atoms with Crippen LogP contribution in [-0.4, -0.2) is 17.7 Å². The van der Waals surface area contributed by atoms with E-state index in [0.29, 0.717) is 6.04 Å². The van der Waals surface area contributed by atoms with E-state index in [1.807, 2.05) is 24.3 Å². The van der Waals surface area contributed by atoms with Crippen LogP contribution in [0.25, 0.3) is 0 Å². The molecule has 1 heterocycles. The number of hydrogen-bond acceptors (Lipinski definition) is 2. The maximum Gasteiger partial charge on any atom is 0.0805 e. The third-order valence-electron chi connectivity index (χ3n) is 4.61. The van der Waals surface area contributed by atoms with Gasteiger partial charge >= 0.3 is 0 Å². The average Bonchev–Trinajstić information content (AvgIpc) is 2.95. The Labute approximate surface area is 113 Å². The van der Waals surface area contributed by atoms with Crippen molar-refractivity contribution in [3.05, 3.63) is 34.9 Å². The van der Waals surface area contributed by atoms with Crippen molar-refractivity contribution in [2.75, 3.05) is 6.54 Å². The van der Waals surface area contributed by atoms with Gasteiger partial charge in [0, 0.05) is 11.1 Å². The van der Waals surface area contributed by atoms with Gasteiger partial charge < -0.3 is 10.4 Å².